The third-order valence-electron chi connectivity index (χ3n) is 1.87. The van der Waals surface area contributed by atoms with Crippen molar-refractivity contribution in [3.63, 3.8) is 0 Å². The smallest absolute Gasteiger partial charge is 0.311 e. The zero-order valence-corrected chi connectivity index (χ0v) is 7.17. The molecule has 0 bridgehead atoms. The maximum Gasteiger partial charge on any atom is 0.311 e. The number of halogens is 2. The molecule has 0 aliphatic heterocycles. The molecule has 0 saturated carbocycles. The standard InChI is InChI=1S/C7H12F2O3/c1-4(5(10)12-3)7(2,11)6(8)9/h4,6,11H,1-3H3/t4-,7+/m1/s1. The summed E-state index contributed by atoms with van der Waals surface area (Å²) in [6, 6.07) is 0. The van der Waals surface area contributed by atoms with Crippen molar-refractivity contribution in [1.82, 2.24) is 0 Å². The molecule has 0 aromatic rings. The molecule has 0 spiro atoms. The van der Waals surface area contributed by atoms with Crippen LogP contribution in [0.1, 0.15) is 13.8 Å². The van der Waals surface area contributed by atoms with Crippen LogP contribution in [-0.2, 0) is 9.53 Å². The maximum atomic E-state index is 12.1. The molecule has 0 rings (SSSR count). The lowest BCUT2D eigenvalue weighted by Gasteiger charge is -2.26. The average Bonchev–Trinajstić information content (AvgIpc) is 2.01. The molecule has 5 heteroatoms. The summed E-state index contributed by atoms with van der Waals surface area (Å²) < 4.78 is 28.4. The lowest BCUT2D eigenvalue weighted by Crippen LogP contribution is -2.44. The van der Waals surface area contributed by atoms with E-state index in [1.165, 1.54) is 6.92 Å². The Kier molecular flexibility index (Phi) is 3.57. The number of alkyl halides is 2. The first kappa shape index (κ1) is 11.3. The number of carbonyl (C=O) groups is 1. The lowest BCUT2D eigenvalue weighted by atomic mass is 9.91. The van der Waals surface area contributed by atoms with E-state index < -0.39 is 23.9 Å². The van der Waals surface area contributed by atoms with Crippen LogP contribution in [-0.4, -0.2) is 30.2 Å². The number of ether oxygens (including phenoxy) is 1. The fraction of sp³-hybridized carbons (Fsp3) is 0.857. The fourth-order valence-electron chi connectivity index (χ4n) is 0.604. The van der Waals surface area contributed by atoms with E-state index in [1.807, 2.05) is 0 Å². The Bertz CT molecular complexity index is 168. The number of carbonyl (C=O) groups excluding carboxylic acids is 1. The van der Waals surface area contributed by atoms with Gasteiger partial charge in [0.25, 0.3) is 6.43 Å². The van der Waals surface area contributed by atoms with Gasteiger partial charge in [-0.1, -0.05) is 0 Å². The molecule has 2 atom stereocenters. The summed E-state index contributed by atoms with van der Waals surface area (Å²) in [5.41, 5.74) is -2.33. The van der Waals surface area contributed by atoms with E-state index >= 15 is 0 Å². The van der Waals surface area contributed by atoms with E-state index in [0.717, 1.165) is 14.0 Å². The molecule has 0 aromatic carbocycles. The highest BCUT2D eigenvalue weighted by molar-refractivity contribution is 5.73. The van der Waals surface area contributed by atoms with Crippen molar-refractivity contribution in [3.05, 3.63) is 0 Å². The predicted octanol–water partition coefficient (Wildman–Crippen LogP) is 0.812. The van der Waals surface area contributed by atoms with Gasteiger partial charge in [-0.05, 0) is 13.8 Å². The molecular formula is C7H12F2O3. The van der Waals surface area contributed by atoms with Crippen molar-refractivity contribution in [1.29, 1.82) is 0 Å². The van der Waals surface area contributed by atoms with Crippen molar-refractivity contribution in [3.8, 4) is 0 Å². The van der Waals surface area contributed by atoms with Crippen LogP contribution in [0.2, 0.25) is 0 Å². The molecule has 0 radical (unpaired) electrons. The van der Waals surface area contributed by atoms with Crippen LogP contribution in [0, 0.1) is 5.92 Å². The molecular weight excluding hydrogens is 170 g/mol. The van der Waals surface area contributed by atoms with Gasteiger partial charge in [-0.2, -0.15) is 0 Å². The van der Waals surface area contributed by atoms with Crippen molar-refractivity contribution < 1.29 is 23.4 Å². The molecule has 0 aliphatic carbocycles. The van der Waals surface area contributed by atoms with Crippen LogP contribution in [0.5, 0.6) is 0 Å². The Balaban J connectivity index is 4.45. The molecule has 12 heavy (non-hydrogen) atoms. The molecule has 0 aromatic heterocycles. The van der Waals surface area contributed by atoms with E-state index in [-0.39, 0.29) is 0 Å². The molecule has 0 heterocycles. The first-order chi connectivity index (χ1) is 5.34. The summed E-state index contributed by atoms with van der Waals surface area (Å²) >= 11 is 0. The van der Waals surface area contributed by atoms with Gasteiger partial charge in [0.1, 0.15) is 5.60 Å². The fourth-order valence-corrected chi connectivity index (χ4v) is 0.604. The van der Waals surface area contributed by atoms with Crippen LogP contribution in [0.15, 0.2) is 0 Å². The van der Waals surface area contributed by atoms with E-state index in [2.05, 4.69) is 4.74 Å². The Morgan fingerprint density at radius 2 is 2.00 bits per heavy atom. The SMILES string of the molecule is COC(=O)[C@@H](C)[C@](C)(O)C(F)F. The third-order valence-corrected chi connectivity index (χ3v) is 1.87. The van der Waals surface area contributed by atoms with Gasteiger partial charge >= 0.3 is 5.97 Å². The van der Waals surface area contributed by atoms with Gasteiger partial charge in [-0.25, -0.2) is 8.78 Å². The number of aliphatic hydroxyl groups is 1. The lowest BCUT2D eigenvalue weighted by molar-refractivity contribution is -0.167. The molecule has 0 unspecified atom stereocenters. The molecule has 0 fully saturated rings. The van der Waals surface area contributed by atoms with E-state index in [0.29, 0.717) is 0 Å². The van der Waals surface area contributed by atoms with E-state index in [9.17, 15) is 13.6 Å². The summed E-state index contributed by atoms with van der Waals surface area (Å²) in [6.07, 6.45) is -2.97. The second-order valence-electron chi connectivity index (χ2n) is 2.77. The first-order valence-electron chi connectivity index (χ1n) is 3.42. The summed E-state index contributed by atoms with van der Waals surface area (Å²) in [4.78, 5) is 10.7. The minimum absolute atomic E-state index is 0.847. The highest BCUT2D eigenvalue weighted by Gasteiger charge is 2.42. The third kappa shape index (κ3) is 2.14. The molecule has 0 saturated heterocycles. The van der Waals surface area contributed by atoms with Crippen LogP contribution in [0.4, 0.5) is 8.78 Å². The zero-order chi connectivity index (χ0) is 9.94. The van der Waals surface area contributed by atoms with Crippen molar-refractivity contribution in [2.24, 2.45) is 5.92 Å². The van der Waals surface area contributed by atoms with Gasteiger partial charge in [0.2, 0.25) is 0 Å². The number of methoxy groups -OCH3 is 1. The van der Waals surface area contributed by atoms with Crippen molar-refractivity contribution in [2.45, 2.75) is 25.9 Å². The van der Waals surface area contributed by atoms with Gasteiger partial charge in [-0.3, -0.25) is 4.79 Å². The van der Waals surface area contributed by atoms with Crippen LogP contribution in [0.25, 0.3) is 0 Å². The van der Waals surface area contributed by atoms with Crippen LogP contribution < -0.4 is 0 Å². The second-order valence-corrected chi connectivity index (χ2v) is 2.77. The molecule has 0 aliphatic rings. The van der Waals surface area contributed by atoms with Crippen molar-refractivity contribution >= 4 is 5.97 Å². The molecule has 0 amide bonds. The monoisotopic (exact) mass is 182 g/mol. The summed E-state index contributed by atoms with van der Waals surface area (Å²) in [7, 11) is 1.08. The van der Waals surface area contributed by atoms with Gasteiger partial charge in [0, 0.05) is 0 Å². The Morgan fingerprint density at radius 1 is 1.58 bits per heavy atom. The molecule has 1 N–H and O–H groups in total. The molecule has 3 nitrogen and oxygen atoms in total. The Labute approximate surface area is 69.3 Å². The zero-order valence-electron chi connectivity index (χ0n) is 7.17. The molecule has 72 valence electrons. The predicted molar refractivity (Wildman–Crippen MR) is 37.8 cm³/mol. The maximum absolute atomic E-state index is 12.1. The minimum Gasteiger partial charge on any atom is -0.469 e. The van der Waals surface area contributed by atoms with E-state index in [1.54, 1.807) is 0 Å². The van der Waals surface area contributed by atoms with Crippen molar-refractivity contribution in [2.75, 3.05) is 7.11 Å². The van der Waals surface area contributed by atoms with Gasteiger partial charge in [-0.15, -0.1) is 0 Å². The van der Waals surface area contributed by atoms with Gasteiger partial charge in [0.05, 0.1) is 13.0 Å². The normalized spacial score (nSPS) is 18.6. The Morgan fingerprint density at radius 3 is 2.25 bits per heavy atom. The number of hydrogen-bond donors (Lipinski definition) is 1. The van der Waals surface area contributed by atoms with Gasteiger partial charge < -0.3 is 9.84 Å². The number of hydrogen-bond acceptors (Lipinski definition) is 3. The summed E-state index contributed by atoms with van der Waals surface area (Å²) in [6.45, 7) is 2.09. The first-order valence-corrected chi connectivity index (χ1v) is 3.42. The highest BCUT2D eigenvalue weighted by Crippen LogP contribution is 2.25. The Hall–Kier alpha value is -0.710. The van der Waals surface area contributed by atoms with Crippen LogP contribution >= 0.6 is 0 Å². The van der Waals surface area contributed by atoms with E-state index in [4.69, 9.17) is 5.11 Å². The number of esters is 1. The number of rotatable bonds is 3. The summed E-state index contributed by atoms with van der Waals surface area (Å²) in [5, 5.41) is 9.11. The second kappa shape index (κ2) is 3.80. The quantitative estimate of drug-likeness (QED) is 0.657. The highest BCUT2D eigenvalue weighted by atomic mass is 19.3. The van der Waals surface area contributed by atoms with Crippen LogP contribution in [0.3, 0.4) is 0 Å². The average molecular weight is 182 g/mol. The summed E-state index contributed by atoms with van der Waals surface area (Å²) in [5.74, 6) is -2.08. The van der Waals surface area contributed by atoms with Gasteiger partial charge in [0.15, 0.2) is 0 Å². The topological polar surface area (TPSA) is 46.5 Å². The largest absolute Gasteiger partial charge is 0.469 e. The minimum atomic E-state index is -2.97.